The molecule has 0 atom stereocenters. The molecule has 0 fully saturated rings. The standard InChI is InChI=1S/C11H10N4/c1-7-6-8(12)10-11(13-7)15-5-3-2-4-9(15)14-10/h2-6H,1H3,(H2,12,13). The van der Waals surface area contributed by atoms with Gasteiger partial charge in [0.1, 0.15) is 11.2 Å². The Morgan fingerprint density at radius 2 is 2.13 bits per heavy atom. The zero-order valence-corrected chi connectivity index (χ0v) is 8.31. The van der Waals surface area contributed by atoms with E-state index in [9.17, 15) is 0 Å². The number of rotatable bonds is 0. The molecule has 0 aliphatic carbocycles. The zero-order valence-electron chi connectivity index (χ0n) is 8.31. The molecule has 0 saturated carbocycles. The van der Waals surface area contributed by atoms with Gasteiger partial charge in [0.15, 0.2) is 5.65 Å². The minimum Gasteiger partial charge on any atom is -0.397 e. The van der Waals surface area contributed by atoms with Crippen LogP contribution in [0, 0.1) is 6.92 Å². The number of nitrogens with zero attached hydrogens (tertiary/aromatic N) is 3. The number of fused-ring (bicyclic) bond motifs is 3. The van der Waals surface area contributed by atoms with Crippen LogP contribution >= 0.6 is 0 Å². The third kappa shape index (κ3) is 1.08. The smallest absolute Gasteiger partial charge is 0.166 e. The molecule has 0 aliphatic heterocycles. The van der Waals surface area contributed by atoms with Gasteiger partial charge in [-0.1, -0.05) is 6.07 Å². The number of aromatic nitrogens is 3. The maximum absolute atomic E-state index is 5.91. The predicted octanol–water partition coefficient (Wildman–Crippen LogP) is 1.77. The molecule has 0 amide bonds. The van der Waals surface area contributed by atoms with E-state index < -0.39 is 0 Å². The molecule has 4 nitrogen and oxygen atoms in total. The Kier molecular flexibility index (Phi) is 1.48. The van der Waals surface area contributed by atoms with E-state index in [1.54, 1.807) is 0 Å². The summed E-state index contributed by atoms with van der Waals surface area (Å²) in [5.74, 6) is 0. The van der Waals surface area contributed by atoms with Crippen molar-refractivity contribution in [3.63, 3.8) is 0 Å². The number of hydrogen-bond donors (Lipinski definition) is 1. The molecule has 3 rings (SSSR count). The van der Waals surface area contributed by atoms with Crippen molar-refractivity contribution in [2.45, 2.75) is 6.92 Å². The van der Waals surface area contributed by atoms with E-state index in [0.29, 0.717) is 5.69 Å². The van der Waals surface area contributed by atoms with Crippen LogP contribution in [0.5, 0.6) is 0 Å². The zero-order chi connectivity index (χ0) is 10.4. The highest BCUT2D eigenvalue weighted by atomic mass is 15.1. The van der Waals surface area contributed by atoms with Gasteiger partial charge in [-0.3, -0.25) is 4.40 Å². The Morgan fingerprint density at radius 3 is 3.00 bits per heavy atom. The molecule has 0 spiro atoms. The Labute approximate surface area is 86.4 Å². The highest BCUT2D eigenvalue weighted by molar-refractivity contribution is 5.87. The molecule has 2 N–H and O–H groups in total. The van der Waals surface area contributed by atoms with Crippen molar-refractivity contribution in [1.82, 2.24) is 14.4 Å². The second-order valence-corrected chi connectivity index (χ2v) is 3.57. The Morgan fingerprint density at radius 1 is 1.27 bits per heavy atom. The molecular formula is C11H10N4. The molecule has 0 saturated heterocycles. The first-order chi connectivity index (χ1) is 7.25. The molecule has 15 heavy (non-hydrogen) atoms. The highest BCUT2D eigenvalue weighted by Gasteiger charge is 2.08. The van der Waals surface area contributed by atoms with Crippen LogP contribution in [0.2, 0.25) is 0 Å². The topological polar surface area (TPSA) is 56.2 Å². The Hall–Kier alpha value is -2.10. The molecular weight excluding hydrogens is 188 g/mol. The van der Waals surface area contributed by atoms with Crippen LogP contribution in [0.15, 0.2) is 30.5 Å². The van der Waals surface area contributed by atoms with Crippen molar-refractivity contribution in [3.05, 3.63) is 36.2 Å². The summed E-state index contributed by atoms with van der Waals surface area (Å²) in [6.45, 7) is 1.93. The van der Waals surface area contributed by atoms with Crippen molar-refractivity contribution in [1.29, 1.82) is 0 Å². The maximum Gasteiger partial charge on any atom is 0.166 e. The van der Waals surface area contributed by atoms with E-state index in [4.69, 9.17) is 5.73 Å². The molecule has 3 aromatic rings. The number of pyridine rings is 2. The monoisotopic (exact) mass is 198 g/mol. The fourth-order valence-electron chi connectivity index (χ4n) is 1.78. The van der Waals surface area contributed by atoms with Gasteiger partial charge in [0, 0.05) is 11.9 Å². The number of hydrogen-bond acceptors (Lipinski definition) is 3. The van der Waals surface area contributed by atoms with E-state index in [1.807, 2.05) is 41.8 Å². The fourth-order valence-corrected chi connectivity index (χ4v) is 1.78. The molecule has 0 radical (unpaired) electrons. The minimum absolute atomic E-state index is 0.682. The quantitative estimate of drug-likeness (QED) is 0.599. The minimum atomic E-state index is 0.682. The number of imidazole rings is 1. The number of anilines is 1. The van der Waals surface area contributed by atoms with Gasteiger partial charge in [-0.2, -0.15) is 0 Å². The van der Waals surface area contributed by atoms with Gasteiger partial charge >= 0.3 is 0 Å². The highest BCUT2D eigenvalue weighted by Crippen LogP contribution is 2.20. The first-order valence-electron chi connectivity index (χ1n) is 4.75. The summed E-state index contributed by atoms with van der Waals surface area (Å²) in [4.78, 5) is 8.88. The van der Waals surface area contributed by atoms with E-state index in [2.05, 4.69) is 9.97 Å². The van der Waals surface area contributed by atoms with Crippen LogP contribution in [0.4, 0.5) is 5.69 Å². The number of aryl methyl sites for hydroxylation is 1. The lowest BCUT2D eigenvalue weighted by Gasteiger charge is -1.97. The lowest BCUT2D eigenvalue weighted by Crippen LogP contribution is -1.92. The summed E-state index contributed by atoms with van der Waals surface area (Å²) in [7, 11) is 0. The van der Waals surface area contributed by atoms with Gasteiger partial charge in [-0.15, -0.1) is 0 Å². The molecule has 0 unspecified atom stereocenters. The SMILES string of the molecule is Cc1cc(N)c2nc3ccccn3c2n1. The second kappa shape index (κ2) is 2.70. The second-order valence-electron chi connectivity index (χ2n) is 3.57. The summed E-state index contributed by atoms with van der Waals surface area (Å²) < 4.78 is 1.94. The Bertz CT molecular complexity index is 654. The summed E-state index contributed by atoms with van der Waals surface area (Å²) in [5.41, 5.74) is 9.96. The van der Waals surface area contributed by atoms with Gasteiger partial charge < -0.3 is 5.73 Å². The molecule has 74 valence electrons. The van der Waals surface area contributed by atoms with Crippen LogP contribution in [-0.2, 0) is 0 Å². The first kappa shape index (κ1) is 8.23. The van der Waals surface area contributed by atoms with Crippen LogP contribution < -0.4 is 5.73 Å². The van der Waals surface area contributed by atoms with Crippen molar-refractivity contribution < 1.29 is 0 Å². The van der Waals surface area contributed by atoms with Crippen LogP contribution in [0.1, 0.15) is 5.69 Å². The van der Waals surface area contributed by atoms with Crippen LogP contribution in [0.3, 0.4) is 0 Å². The molecule has 3 aromatic heterocycles. The molecule has 0 bridgehead atoms. The molecule has 0 aliphatic rings. The lowest BCUT2D eigenvalue weighted by molar-refractivity contribution is 1.15. The van der Waals surface area contributed by atoms with Gasteiger partial charge in [-0.25, -0.2) is 9.97 Å². The average Bonchev–Trinajstić information content (AvgIpc) is 2.57. The van der Waals surface area contributed by atoms with Crippen LogP contribution in [-0.4, -0.2) is 14.4 Å². The maximum atomic E-state index is 5.91. The molecule has 0 aromatic carbocycles. The molecule has 4 heteroatoms. The van der Waals surface area contributed by atoms with E-state index >= 15 is 0 Å². The fraction of sp³-hybridized carbons (Fsp3) is 0.0909. The van der Waals surface area contributed by atoms with Crippen molar-refractivity contribution in [3.8, 4) is 0 Å². The van der Waals surface area contributed by atoms with Crippen molar-refractivity contribution >= 4 is 22.5 Å². The van der Waals surface area contributed by atoms with Crippen molar-refractivity contribution in [2.24, 2.45) is 0 Å². The van der Waals surface area contributed by atoms with E-state index in [0.717, 1.165) is 22.5 Å². The summed E-state index contributed by atoms with van der Waals surface area (Å²) in [6, 6.07) is 7.68. The summed E-state index contributed by atoms with van der Waals surface area (Å²) >= 11 is 0. The summed E-state index contributed by atoms with van der Waals surface area (Å²) in [6.07, 6.45) is 1.94. The van der Waals surface area contributed by atoms with Gasteiger partial charge in [0.25, 0.3) is 0 Å². The third-order valence-corrected chi connectivity index (χ3v) is 2.42. The van der Waals surface area contributed by atoms with E-state index in [1.165, 1.54) is 0 Å². The van der Waals surface area contributed by atoms with E-state index in [-0.39, 0.29) is 0 Å². The summed E-state index contributed by atoms with van der Waals surface area (Å²) in [5, 5.41) is 0. The van der Waals surface area contributed by atoms with Crippen LogP contribution in [0.25, 0.3) is 16.8 Å². The largest absolute Gasteiger partial charge is 0.397 e. The molecule has 3 heterocycles. The number of nitrogens with two attached hydrogens (primary N) is 1. The Balaban J connectivity index is 2.61. The average molecular weight is 198 g/mol. The van der Waals surface area contributed by atoms with Gasteiger partial charge in [0.2, 0.25) is 0 Å². The lowest BCUT2D eigenvalue weighted by atomic mass is 10.3. The third-order valence-electron chi connectivity index (χ3n) is 2.42. The van der Waals surface area contributed by atoms with Crippen molar-refractivity contribution in [2.75, 3.05) is 5.73 Å². The number of nitrogen functional groups attached to an aromatic ring is 1. The normalized spacial score (nSPS) is 11.3. The van der Waals surface area contributed by atoms with Gasteiger partial charge in [-0.05, 0) is 25.1 Å². The first-order valence-corrected chi connectivity index (χ1v) is 4.75. The van der Waals surface area contributed by atoms with Gasteiger partial charge in [0.05, 0.1) is 5.69 Å². The predicted molar refractivity (Wildman–Crippen MR) is 59.6 cm³/mol.